The molecule has 0 saturated carbocycles. The van der Waals surface area contributed by atoms with E-state index in [4.69, 9.17) is 4.74 Å². The lowest BCUT2D eigenvalue weighted by Crippen LogP contribution is -2.13. The largest absolute Gasteiger partial charge is 0.494 e. The summed E-state index contributed by atoms with van der Waals surface area (Å²) in [6.45, 7) is 1.80. The second kappa shape index (κ2) is 6.03. The first-order valence-electron chi connectivity index (χ1n) is 5.96. The zero-order valence-electron chi connectivity index (χ0n) is 11.4. The van der Waals surface area contributed by atoms with Crippen LogP contribution < -0.4 is 9.46 Å². The van der Waals surface area contributed by atoms with Crippen LogP contribution in [0.15, 0.2) is 45.8 Å². The number of anilines is 1. The highest BCUT2D eigenvalue weighted by Gasteiger charge is 2.16. The maximum atomic E-state index is 13.3. The van der Waals surface area contributed by atoms with Crippen LogP contribution in [-0.2, 0) is 10.0 Å². The zero-order valence-corrected chi connectivity index (χ0v) is 13.8. The summed E-state index contributed by atoms with van der Waals surface area (Å²) in [5, 5.41) is 0. The molecule has 0 bridgehead atoms. The van der Waals surface area contributed by atoms with Crippen molar-refractivity contribution < 1.29 is 17.5 Å². The molecule has 0 fully saturated rings. The van der Waals surface area contributed by atoms with Crippen LogP contribution in [0, 0.1) is 12.7 Å². The summed E-state index contributed by atoms with van der Waals surface area (Å²) in [6.07, 6.45) is 0. The van der Waals surface area contributed by atoms with Gasteiger partial charge in [-0.25, -0.2) is 12.8 Å². The molecule has 4 nitrogen and oxygen atoms in total. The van der Waals surface area contributed by atoms with E-state index >= 15 is 0 Å². The Labute approximate surface area is 131 Å². The number of benzene rings is 2. The van der Waals surface area contributed by atoms with Gasteiger partial charge in [0.05, 0.1) is 17.7 Å². The monoisotopic (exact) mass is 373 g/mol. The Morgan fingerprint density at radius 3 is 2.52 bits per heavy atom. The van der Waals surface area contributed by atoms with Crippen molar-refractivity contribution in [1.82, 2.24) is 0 Å². The molecule has 0 saturated heterocycles. The highest BCUT2D eigenvalue weighted by molar-refractivity contribution is 9.10. The fourth-order valence-corrected chi connectivity index (χ4v) is 3.10. The molecule has 21 heavy (non-hydrogen) atoms. The Hall–Kier alpha value is -1.60. The van der Waals surface area contributed by atoms with Gasteiger partial charge in [0.25, 0.3) is 10.0 Å². The lowest BCUT2D eigenvalue weighted by atomic mass is 10.2. The van der Waals surface area contributed by atoms with Crippen LogP contribution in [0.4, 0.5) is 10.1 Å². The number of methoxy groups -OCH3 is 1. The van der Waals surface area contributed by atoms with Crippen LogP contribution in [0.5, 0.6) is 5.75 Å². The van der Waals surface area contributed by atoms with E-state index in [0.29, 0.717) is 0 Å². The first kappa shape index (κ1) is 15.8. The molecule has 0 amide bonds. The molecule has 0 unspecified atom stereocenters. The van der Waals surface area contributed by atoms with Crippen LogP contribution in [-0.4, -0.2) is 15.5 Å². The Morgan fingerprint density at radius 2 is 1.90 bits per heavy atom. The number of rotatable bonds is 4. The topological polar surface area (TPSA) is 55.4 Å². The highest BCUT2D eigenvalue weighted by Crippen LogP contribution is 2.25. The maximum absolute atomic E-state index is 13.3. The number of halogens is 2. The lowest BCUT2D eigenvalue weighted by molar-refractivity contribution is 0.387. The van der Waals surface area contributed by atoms with Crippen molar-refractivity contribution in [2.75, 3.05) is 11.8 Å². The Morgan fingerprint density at radius 1 is 1.19 bits per heavy atom. The summed E-state index contributed by atoms with van der Waals surface area (Å²) in [5.74, 6) is -0.581. The van der Waals surface area contributed by atoms with Gasteiger partial charge < -0.3 is 4.74 Å². The molecule has 0 radical (unpaired) electrons. The molecule has 2 aromatic carbocycles. The van der Waals surface area contributed by atoms with Gasteiger partial charge >= 0.3 is 0 Å². The van der Waals surface area contributed by atoms with E-state index in [1.165, 1.54) is 25.3 Å². The van der Waals surface area contributed by atoms with Crippen molar-refractivity contribution in [1.29, 1.82) is 0 Å². The number of ether oxygens (including phenoxy) is 1. The van der Waals surface area contributed by atoms with Crippen molar-refractivity contribution in [2.45, 2.75) is 11.8 Å². The minimum Gasteiger partial charge on any atom is -0.494 e. The van der Waals surface area contributed by atoms with Gasteiger partial charge in [0.2, 0.25) is 0 Å². The molecule has 0 aromatic heterocycles. The summed E-state index contributed by atoms with van der Waals surface area (Å²) in [4.78, 5) is 0.131. The number of nitrogens with one attached hydrogen (secondary N) is 1. The molecule has 2 rings (SSSR count). The number of sulfonamides is 1. The molecule has 112 valence electrons. The summed E-state index contributed by atoms with van der Waals surface area (Å²) < 4.78 is 45.9. The zero-order chi connectivity index (χ0) is 15.6. The van der Waals surface area contributed by atoms with Crippen molar-refractivity contribution >= 4 is 31.6 Å². The molecule has 1 N–H and O–H groups in total. The number of hydrogen-bond acceptors (Lipinski definition) is 3. The van der Waals surface area contributed by atoms with Crippen molar-refractivity contribution in [2.24, 2.45) is 0 Å². The molecular formula is C14H13BrFNO3S. The van der Waals surface area contributed by atoms with Crippen LogP contribution >= 0.6 is 15.9 Å². The summed E-state index contributed by atoms with van der Waals surface area (Å²) >= 11 is 3.32. The van der Waals surface area contributed by atoms with E-state index in [0.717, 1.165) is 16.1 Å². The van der Waals surface area contributed by atoms with Gasteiger partial charge in [-0.3, -0.25) is 4.72 Å². The van der Waals surface area contributed by atoms with Gasteiger partial charge in [0, 0.05) is 10.5 Å². The average Bonchev–Trinajstić information content (AvgIpc) is 2.43. The highest BCUT2D eigenvalue weighted by atomic mass is 79.9. The first-order chi connectivity index (χ1) is 9.83. The van der Waals surface area contributed by atoms with Gasteiger partial charge in [-0.1, -0.05) is 15.9 Å². The molecular weight excluding hydrogens is 361 g/mol. The fraction of sp³-hybridized carbons (Fsp3) is 0.143. The van der Waals surface area contributed by atoms with Gasteiger partial charge in [0.15, 0.2) is 11.6 Å². The predicted molar refractivity (Wildman–Crippen MR) is 82.6 cm³/mol. The predicted octanol–water partition coefficient (Wildman–Crippen LogP) is 3.71. The van der Waals surface area contributed by atoms with Crippen molar-refractivity contribution in [3.05, 3.63) is 52.3 Å². The van der Waals surface area contributed by atoms with Gasteiger partial charge in [-0.05, 0) is 42.8 Å². The van der Waals surface area contributed by atoms with E-state index < -0.39 is 15.8 Å². The third-order valence-electron chi connectivity index (χ3n) is 2.84. The third kappa shape index (κ3) is 3.54. The SMILES string of the molecule is COc1cc(NS(=O)(=O)c2ccc(Br)c(C)c2)ccc1F. The Kier molecular flexibility index (Phi) is 4.53. The minimum absolute atomic E-state index is 0.0258. The van der Waals surface area contributed by atoms with E-state index in [1.54, 1.807) is 19.1 Å². The quantitative estimate of drug-likeness (QED) is 0.888. The van der Waals surface area contributed by atoms with Crippen molar-refractivity contribution in [3.8, 4) is 5.75 Å². The second-order valence-electron chi connectivity index (χ2n) is 4.37. The molecule has 0 aliphatic heterocycles. The Bertz CT molecular complexity index is 778. The number of aryl methyl sites for hydroxylation is 1. The van der Waals surface area contributed by atoms with E-state index in [1.807, 2.05) is 0 Å². The van der Waals surface area contributed by atoms with Crippen LogP contribution in [0.1, 0.15) is 5.56 Å². The number of hydrogen-bond donors (Lipinski definition) is 1. The van der Waals surface area contributed by atoms with Gasteiger partial charge in [0.1, 0.15) is 0 Å². The molecule has 0 aliphatic rings. The van der Waals surface area contributed by atoms with E-state index in [9.17, 15) is 12.8 Å². The fourth-order valence-electron chi connectivity index (χ4n) is 1.72. The maximum Gasteiger partial charge on any atom is 0.261 e. The molecule has 0 heterocycles. The first-order valence-corrected chi connectivity index (χ1v) is 8.23. The van der Waals surface area contributed by atoms with E-state index in [-0.39, 0.29) is 16.3 Å². The van der Waals surface area contributed by atoms with Gasteiger partial charge in [-0.15, -0.1) is 0 Å². The van der Waals surface area contributed by atoms with Crippen LogP contribution in [0.25, 0.3) is 0 Å². The molecule has 0 aliphatic carbocycles. The standard InChI is InChI=1S/C14H13BrFNO3S/c1-9-7-11(4-5-12(9)15)21(18,19)17-10-3-6-13(16)14(8-10)20-2/h3-8,17H,1-2H3. The lowest BCUT2D eigenvalue weighted by Gasteiger charge is -2.10. The minimum atomic E-state index is -3.74. The molecule has 0 spiro atoms. The molecule has 0 atom stereocenters. The smallest absolute Gasteiger partial charge is 0.261 e. The average molecular weight is 374 g/mol. The summed E-state index contributed by atoms with van der Waals surface area (Å²) in [5.41, 5.74) is 1.03. The van der Waals surface area contributed by atoms with Crippen molar-refractivity contribution in [3.63, 3.8) is 0 Å². The Balaban J connectivity index is 2.35. The third-order valence-corrected chi connectivity index (χ3v) is 5.11. The second-order valence-corrected chi connectivity index (χ2v) is 6.90. The summed E-state index contributed by atoms with van der Waals surface area (Å²) in [6, 6.07) is 8.46. The molecule has 2 aromatic rings. The van der Waals surface area contributed by atoms with E-state index in [2.05, 4.69) is 20.7 Å². The van der Waals surface area contributed by atoms with Crippen LogP contribution in [0.2, 0.25) is 0 Å². The summed E-state index contributed by atoms with van der Waals surface area (Å²) in [7, 11) is -2.42. The molecule has 7 heteroatoms. The van der Waals surface area contributed by atoms with Gasteiger partial charge in [-0.2, -0.15) is 0 Å². The normalized spacial score (nSPS) is 11.2. The van der Waals surface area contributed by atoms with Crippen LogP contribution in [0.3, 0.4) is 0 Å².